The molecule has 4 aromatic rings. The molecule has 2 N–H and O–H groups in total. The molecule has 0 bridgehead atoms. The van der Waals surface area contributed by atoms with E-state index in [0.29, 0.717) is 23.0 Å². The normalized spacial score (nSPS) is 18.2. The lowest BCUT2D eigenvalue weighted by Gasteiger charge is -2.34. The number of likely N-dealkylation sites (tertiary alicyclic amines) is 1. The summed E-state index contributed by atoms with van der Waals surface area (Å²) in [4.78, 5) is 30.9. The van der Waals surface area contributed by atoms with Crippen LogP contribution in [0.15, 0.2) is 42.6 Å². The molecule has 0 radical (unpaired) electrons. The summed E-state index contributed by atoms with van der Waals surface area (Å²) in [7, 11) is 1.47. The Morgan fingerprint density at radius 3 is 2.62 bits per heavy atom. The molecule has 1 fully saturated rings. The van der Waals surface area contributed by atoms with E-state index in [2.05, 4.69) is 42.0 Å². The fourth-order valence-electron chi connectivity index (χ4n) is 6.54. The number of carbonyl (C=O) groups excluding carboxylic acids is 1. The molecule has 2 aliphatic rings. The summed E-state index contributed by atoms with van der Waals surface area (Å²) in [5, 5.41) is 13.6. The molecule has 11 heteroatoms. The van der Waals surface area contributed by atoms with E-state index in [9.17, 15) is 14.3 Å². The van der Waals surface area contributed by atoms with Gasteiger partial charge in [0.05, 0.1) is 24.0 Å². The number of aliphatic hydroxyl groups excluding tert-OH is 1. The number of nitrogens with one attached hydrogen (secondary N) is 1. The molecule has 47 heavy (non-hydrogen) atoms. The van der Waals surface area contributed by atoms with Gasteiger partial charge in [0.25, 0.3) is 5.91 Å². The van der Waals surface area contributed by atoms with Gasteiger partial charge in [-0.15, -0.1) is 0 Å². The number of pyridine rings is 2. The van der Waals surface area contributed by atoms with Gasteiger partial charge in [-0.3, -0.25) is 9.78 Å². The van der Waals surface area contributed by atoms with Crippen molar-refractivity contribution in [3.8, 4) is 17.0 Å². The monoisotopic (exact) mass is 661 g/mol. The number of aryl methyl sites for hydroxylation is 1. The van der Waals surface area contributed by atoms with Crippen LogP contribution in [0.2, 0.25) is 0 Å². The van der Waals surface area contributed by atoms with Crippen molar-refractivity contribution in [2.75, 3.05) is 33.5 Å². The smallest absolute Gasteiger partial charge is 0.280 e. The average molecular weight is 662 g/mol. The molecule has 250 valence electrons. The molecule has 1 aliphatic carbocycles. The Bertz CT molecular complexity index is 1700. The number of aromatic nitrogens is 3. The predicted octanol–water partition coefficient (Wildman–Crippen LogP) is 6.34. The fraction of sp³-hybridized carbons (Fsp3) is 0.500. The standard InChI is InChI=1S/C36H44FN5O4S/c1-36(2,3)25-9-10-28-24(17-25)18-31-34(40-28)47-35(41-31)33(44)39-29(13-16-42-14-11-26(43)12-15-42)22-5-7-23(8-6-22)30-19-27(37)32(20-38-30)46-21-45-4/h5-8,18-20,25-26,29,43H,9-17,21H2,1-4H3,(H,39,44)/t25-,29+/m0/s1. The molecule has 0 spiro atoms. The van der Waals surface area contributed by atoms with Crippen molar-refractivity contribution in [3.05, 3.63) is 70.2 Å². The minimum Gasteiger partial charge on any atom is -0.463 e. The second-order valence-electron chi connectivity index (χ2n) is 13.8. The number of halogens is 1. The highest BCUT2D eigenvalue weighted by atomic mass is 32.1. The lowest BCUT2D eigenvalue weighted by atomic mass is 9.71. The zero-order chi connectivity index (χ0) is 33.1. The Labute approximate surface area is 279 Å². The zero-order valence-corrected chi connectivity index (χ0v) is 28.4. The molecule has 9 nitrogen and oxygen atoms in total. The van der Waals surface area contributed by atoms with Gasteiger partial charge in [-0.05, 0) is 67.1 Å². The van der Waals surface area contributed by atoms with Gasteiger partial charge >= 0.3 is 0 Å². The number of hydrogen-bond acceptors (Lipinski definition) is 9. The lowest BCUT2D eigenvalue weighted by molar-refractivity contribution is 0.0480. The Hall–Kier alpha value is -3.51. The van der Waals surface area contributed by atoms with E-state index < -0.39 is 5.82 Å². The number of fused-ring (bicyclic) bond motifs is 2. The summed E-state index contributed by atoms with van der Waals surface area (Å²) in [5.74, 6) is -0.125. The van der Waals surface area contributed by atoms with E-state index in [1.165, 1.54) is 36.3 Å². The van der Waals surface area contributed by atoms with Crippen molar-refractivity contribution in [2.45, 2.75) is 71.4 Å². The van der Waals surface area contributed by atoms with Crippen LogP contribution in [-0.2, 0) is 17.6 Å². The highest BCUT2D eigenvalue weighted by Gasteiger charge is 2.30. The molecule has 4 heterocycles. The van der Waals surface area contributed by atoms with Crippen molar-refractivity contribution in [1.29, 1.82) is 0 Å². The van der Waals surface area contributed by atoms with Crippen LogP contribution in [0.25, 0.3) is 21.6 Å². The lowest BCUT2D eigenvalue weighted by Crippen LogP contribution is -2.38. The maximum Gasteiger partial charge on any atom is 0.280 e. The van der Waals surface area contributed by atoms with Crippen molar-refractivity contribution in [2.24, 2.45) is 11.3 Å². The maximum atomic E-state index is 14.6. The zero-order valence-electron chi connectivity index (χ0n) is 27.6. The van der Waals surface area contributed by atoms with E-state index in [1.807, 2.05) is 24.3 Å². The van der Waals surface area contributed by atoms with Crippen LogP contribution < -0.4 is 10.1 Å². The molecule has 1 aromatic carbocycles. The summed E-state index contributed by atoms with van der Waals surface area (Å²) in [6.07, 6.45) is 6.36. The largest absolute Gasteiger partial charge is 0.463 e. The van der Waals surface area contributed by atoms with Crippen LogP contribution in [-0.4, -0.2) is 70.5 Å². The first-order chi connectivity index (χ1) is 22.6. The highest BCUT2D eigenvalue weighted by molar-refractivity contribution is 7.19. The number of amides is 1. The van der Waals surface area contributed by atoms with Gasteiger partial charge in [-0.1, -0.05) is 56.4 Å². The number of methoxy groups -OCH3 is 1. The number of nitrogens with zero attached hydrogens (tertiary/aromatic N) is 4. The third-order valence-electron chi connectivity index (χ3n) is 9.52. The number of hydrogen-bond donors (Lipinski definition) is 2. The van der Waals surface area contributed by atoms with E-state index >= 15 is 0 Å². The summed E-state index contributed by atoms with van der Waals surface area (Å²) in [5.41, 5.74) is 5.54. The summed E-state index contributed by atoms with van der Waals surface area (Å²) >= 11 is 1.34. The van der Waals surface area contributed by atoms with E-state index in [4.69, 9.17) is 19.4 Å². The predicted molar refractivity (Wildman–Crippen MR) is 181 cm³/mol. The van der Waals surface area contributed by atoms with Crippen LogP contribution in [0.4, 0.5) is 4.39 Å². The van der Waals surface area contributed by atoms with E-state index in [0.717, 1.165) is 78.9 Å². The van der Waals surface area contributed by atoms with Crippen LogP contribution in [0.1, 0.15) is 79.1 Å². The fourth-order valence-corrected chi connectivity index (χ4v) is 7.38. The topological polar surface area (TPSA) is 110 Å². The van der Waals surface area contributed by atoms with Crippen LogP contribution >= 0.6 is 11.3 Å². The van der Waals surface area contributed by atoms with Crippen molar-refractivity contribution in [1.82, 2.24) is 25.2 Å². The van der Waals surface area contributed by atoms with Crippen molar-refractivity contribution < 1.29 is 23.8 Å². The molecular formula is C36H44FN5O4S. The third kappa shape index (κ3) is 7.97. The molecule has 0 unspecified atom stereocenters. The second kappa shape index (κ2) is 14.3. The highest BCUT2D eigenvalue weighted by Crippen LogP contribution is 2.38. The van der Waals surface area contributed by atoms with Gasteiger partial charge in [0.2, 0.25) is 0 Å². The number of rotatable bonds is 10. The number of aliphatic hydroxyl groups is 1. The molecule has 0 saturated carbocycles. The van der Waals surface area contributed by atoms with Crippen LogP contribution in [0.3, 0.4) is 0 Å². The molecule has 3 aromatic heterocycles. The van der Waals surface area contributed by atoms with Gasteiger partial charge in [-0.25, -0.2) is 14.4 Å². The summed E-state index contributed by atoms with van der Waals surface area (Å²) < 4.78 is 24.7. The number of carbonyl (C=O) groups is 1. The van der Waals surface area contributed by atoms with Gasteiger partial charge in [0, 0.05) is 44.1 Å². The molecular weight excluding hydrogens is 617 g/mol. The first kappa shape index (κ1) is 33.4. The average Bonchev–Trinajstić information content (AvgIpc) is 3.48. The molecule has 1 saturated heterocycles. The molecule has 2 atom stereocenters. The Balaban J connectivity index is 1.20. The second-order valence-corrected chi connectivity index (χ2v) is 14.8. The maximum absolute atomic E-state index is 14.6. The third-order valence-corrected chi connectivity index (χ3v) is 10.5. The number of thiazole rings is 1. The van der Waals surface area contributed by atoms with Gasteiger partial charge < -0.3 is 24.8 Å². The van der Waals surface area contributed by atoms with Crippen molar-refractivity contribution >= 4 is 27.6 Å². The Morgan fingerprint density at radius 1 is 1.15 bits per heavy atom. The molecule has 6 rings (SSSR count). The van der Waals surface area contributed by atoms with Gasteiger partial charge in [-0.2, -0.15) is 0 Å². The quantitative estimate of drug-likeness (QED) is 0.190. The van der Waals surface area contributed by atoms with Crippen LogP contribution in [0, 0.1) is 17.2 Å². The van der Waals surface area contributed by atoms with Gasteiger partial charge in [0.15, 0.2) is 23.4 Å². The number of benzene rings is 1. The SMILES string of the molecule is COCOc1cnc(-c2ccc([C@@H](CCN3CCC(O)CC3)NC(=O)c3nc4cc5c(nc4s3)CC[C@H](C(C)(C)C)C5)cc2)cc1F. The molecule has 1 amide bonds. The minimum absolute atomic E-state index is 0.0274. The Morgan fingerprint density at radius 2 is 1.91 bits per heavy atom. The van der Waals surface area contributed by atoms with Gasteiger partial charge in [0.1, 0.15) is 10.3 Å². The first-order valence-corrected chi connectivity index (χ1v) is 17.3. The number of ether oxygens (including phenoxy) is 2. The first-order valence-electron chi connectivity index (χ1n) is 16.5. The minimum atomic E-state index is -0.520. The molecule has 1 aliphatic heterocycles. The summed E-state index contributed by atoms with van der Waals surface area (Å²) in [6.45, 7) is 9.26. The number of piperidine rings is 1. The van der Waals surface area contributed by atoms with Crippen LogP contribution in [0.5, 0.6) is 5.75 Å². The van der Waals surface area contributed by atoms with E-state index in [1.54, 1.807) is 0 Å². The summed E-state index contributed by atoms with van der Waals surface area (Å²) in [6, 6.07) is 10.9. The van der Waals surface area contributed by atoms with Crippen molar-refractivity contribution in [3.63, 3.8) is 0 Å². The Kier molecular flexibility index (Phi) is 10.2. The van der Waals surface area contributed by atoms with E-state index in [-0.39, 0.29) is 36.0 Å².